The van der Waals surface area contributed by atoms with Crippen LogP contribution in [0.4, 0.5) is 0 Å². The molecule has 0 radical (unpaired) electrons. The topological polar surface area (TPSA) is 27.0 Å². The molecule has 0 heterocycles. The van der Waals surface area contributed by atoms with E-state index in [1.54, 1.807) is 0 Å². The summed E-state index contributed by atoms with van der Waals surface area (Å²) in [5.41, 5.74) is 0. The van der Waals surface area contributed by atoms with Crippen LogP contribution in [0.1, 0.15) is 34.1 Å². The van der Waals surface area contributed by atoms with Crippen LogP contribution in [-0.4, -0.2) is 24.5 Å². The van der Waals surface area contributed by atoms with Gasteiger partial charge in [-0.1, -0.05) is 27.7 Å². The highest BCUT2D eigenvalue weighted by Gasteiger charge is 2.08. The lowest BCUT2D eigenvalue weighted by atomic mass is 10.1. The Morgan fingerprint density at radius 2 is 1.54 bits per heavy atom. The lowest BCUT2D eigenvalue weighted by Crippen LogP contribution is -2.32. The minimum Gasteiger partial charge on any atom is -0.302 e. The Labute approximate surface area is 82.5 Å². The molecule has 0 saturated carbocycles. The van der Waals surface area contributed by atoms with Gasteiger partial charge in [0.05, 0.1) is 6.07 Å². The third-order valence-electron chi connectivity index (χ3n) is 1.79. The summed E-state index contributed by atoms with van der Waals surface area (Å²) >= 11 is 0. The zero-order valence-corrected chi connectivity index (χ0v) is 9.38. The quantitative estimate of drug-likeness (QED) is 0.631. The third kappa shape index (κ3) is 7.80. The summed E-state index contributed by atoms with van der Waals surface area (Å²) in [5, 5.41) is 8.51. The molecule has 2 nitrogen and oxygen atoms in total. The maximum Gasteiger partial charge on any atom is 0.0635 e. The molecule has 0 bridgehead atoms. The normalized spacial score (nSPS) is 11.2. The van der Waals surface area contributed by atoms with E-state index in [4.69, 9.17) is 5.26 Å². The molecule has 0 atom stereocenters. The van der Waals surface area contributed by atoms with E-state index in [0.717, 1.165) is 19.6 Å². The number of rotatable bonds is 6. The Kier molecular flexibility index (Phi) is 6.62. The van der Waals surface area contributed by atoms with Crippen LogP contribution in [0.3, 0.4) is 0 Å². The predicted molar refractivity (Wildman–Crippen MR) is 56.3 cm³/mol. The van der Waals surface area contributed by atoms with E-state index in [0.29, 0.717) is 18.3 Å². The van der Waals surface area contributed by atoms with Crippen LogP contribution in [-0.2, 0) is 0 Å². The Balaban J connectivity index is 3.81. The van der Waals surface area contributed by atoms with Gasteiger partial charge in [-0.3, -0.25) is 0 Å². The summed E-state index contributed by atoms with van der Waals surface area (Å²) in [6.07, 6.45) is 0.652. The van der Waals surface area contributed by atoms with Gasteiger partial charge >= 0.3 is 0 Å². The smallest absolute Gasteiger partial charge is 0.0635 e. The third-order valence-corrected chi connectivity index (χ3v) is 1.79. The number of nitriles is 1. The Morgan fingerprint density at radius 1 is 1.08 bits per heavy atom. The van der Waals surface area contributed by atoms with Crippen molar-refractivity contribution in [3.05, 3.63) is 0 Å². The molecule has 0 aliphatic heterocycles. The molecule has 0 rings (SSSR count). The summed E-state index contributed by atoms with van der Waals surface area (Å²) in [7, 11) is 0. The van der Waals surface area contributed by atoms with Crippen molar-refractivity contribution >= 4 is 0 Å². The van der Waals surface area contributed by atoms with Gasteiger partial charge in [-0.05, 0) is 11.8 Å². The summed E-state index contributed by atoms with van der Waals surface area (Å²) in [6, 6.07) is 2.20. The van der Waals surface area contributed by atoms with Gasteiger partial charge in [0.1, 0.15) is 0 Å². The predicted octanol–water partition coefficient (Wildman–Crippen LogP) is 2.51. The van der Waals surface area contributed by atoms with E-state index in [2.05, 4.69) is 38.7 Å². The first-order chi connectivity index (χ1) is 6.06. The fraction of sp³-hybridized carbons (Fsp3) is 0.909. The van der Waals surface area contributed by atoms with Crippen LogP contribution < -0.4 is 0 Å². The van der Waals surface area contributed by atoms with Gasteiger partial charge in [-0.25, -0.2) is 0 Å². The van der Waals surface area contributed by atoms with Crippen LogP contribution in [0, 0.1) is 23.2 Å². The number of hydrogen-bond acceptors (Lipinski definition) is 2. The SMILES string of the molecule is CC(C)CN(CCC#N)CC(C)C. The molecule has 2 heteroatoms. The van der Waals surface area contributed by atoms with Crippen LogP contribution in [0.2, 0.25) is 0 Å². The molecule has 0 fully saturated rings. The molecule has 0 aromatic heterocycles. The van der Waals surface area contributed by atoms with Crippen molar-refractivity contribution in [2.45, 2.75) is 34.1 Å². The lowest BCUT2D eigenvalue weighted by molar-refractivity contribution is 0.224. The molecule has 0 saturated heterocycles. The summed E-state index contributed by atoms with van der Waals surface area (Å²) in [6.45, 7) is 12.0. The second-order valence-corrected chi connectivity index (χ2v) is 4.46. The van der Waals surface area contributed by atoms with Gasteiger partial charge in [-0.15, -0.1) is 0 Å². The summed E-state index contributed by atoms with van der Waals surface area (Å²) in [4.78, 5) is 2.39. The van der Waals surface area contributed by atoms with Crippen molar-refractivity contribution in [2.75, 3.05) is 19.6 Å². The van der Waals surface area contributed by atoms with Crippen LogP contribution in [0.25, 0.3) is 0 Å². The van der Waals surface area contributed by atoms with Gasteiger partial charge in [-0.2, -0.15) is 5.26 Å². The molecule has 0 N–H and O–H groups in total. The molecule has 76 valence electrons. The van der Waals surface area contributed by atoms with Crippen LogP contribution >= 0.6 is 0 Å². The zero-order valence-electron chi connectivity index (χ0n) is 9.38. The molecule has 0 aromatic carbocycles. The van der Waals surface area contributed by atoms with E-state index in [1.165, 1.54) is 0 Å². The van der Waals surface area contributed by atoms with E-state index in [-0.39, 0.29) is 0 Å². The molecular formula is C11H22N2. The highest BCUT2D eigenvalue weighted by Crippen LogP contribution is 2.04. The molecular weight excluding hydrogens is 160 g/mol. The minimum absolute atomic E-state index is 0.652. The molecule has 0 spiro atoms. The average Bonchev–Trinajstić information content (AvgIpc) is 1.98. The molecule has 0 unspecified atom stereocenters. The van der Waals surface area contributed by atoms with Crippen molar-refractivity contribution in [2.24, 2.45) is 11.8 Å². The van der Waals surface area contributed by atoms with Crippen LogP contribution in [0.5, 0.6) is 0 Å². The van der Waals surface area contributed by atoms with Gasteiger partial charge < -0.3 is 4.90 Å². The Bertz CT molecular complexity index is 146. The van der Waals surface area contributed by atoms with E-state index < -0.39 is 0 Å². The fourth-order valence-corrected chi connectivity index (χ4v) is 1.50. The van der Waals surface area contributed by atoms with Gasteiger partial charge in [0.25, 0.3) is 0 Å². The minimum atomic E-state index is 0.652. The zero-order chi connectivity index (χ0) is 10.3. The first-order valence-electron chi connectivity index (χ1n) is 5.15. The maximum atomic E-state index is 8.51. The second kappa shape index (κ2) is 6.91. The first-order valence-corrected chi connectivity index (χ1v) is 5.15. The van der Waals surface area contributed by atoms with Crippen molar-refractivity contribution in [1.82, 2.24) is 4.90 Å². The average molecular weight is 182 g/mol. The lowest BCUT2D eigenvalue weighted by Gasteiger charge is -2.24. The molecule has 0 aromatic rings. The Morgan fingerprint density at radius 3 is 1.85 bits per heavy atom. The van der Waals surface area contributed by atoms with Gasteiger partial charge in [0.2, 0.25) is 0 Å². The van der Waals surface area contributed by atoms with Crippen molar-refractivity contribution < 1.29 is 0 Å². The fourth-order valence-electron chi connectivity index (χ4n) is 1.50. The summed E-state index contributed by atoms with van der Waals surface area (Å²) in [5.74, 6) is 1.38. The van der Waals surface area contributed by atoms with Gasteiger partial charge in [0, 0.05) is 26.1 Å². The highest BCUT2D eigenvalue weighted by molar-refractivity contribution is 4.73. The highest BCUT2D eigenvalue weighted by atomic mass is 15.1. The number of hydrogen-bond donors (Lipinski definition) is 0. The van der Waals surface area contributed by atoms with E-state index >= 15 is 0 Å². The summed E-state index contributed by atoms with van der Waals surface area (Å²) < 4.78 is 0. The van der Waals surface area contributed by atoms with Crippen molar-refractivity contribution in [3.63, 3.8) is 0 Å². The Hall–Kier alpha value is -0.550. The monoisotopic (exact) mass is 182 g/mol. The largest absolute Gasteiger partial charge is 0.302 e. The molecule has 13 heavy (non-hydrogen) atoms. The standard InChI is InChI=1S/C11H22N2/c1-10(2)8-13(7-5-6-12)9-11(3)4/h10-11H,5,7-9H2,1-4H3. The van der Waals surface area contributed by atoms with E-state index in [9.17, 15) is 0 Å². The van der Waals surface area contributed by atoms with Crippen molar-refractivity contribution in [3.8, 4) is 6.07 Å². The molecule has 0 aliphatic rings. The molecule has 0 amide bonds. The number of nitrogens with zero attached hydrogens (tertiary/aromatic N) is 2. The van der Waals surface area contributed by atoms with E-state index in [1.807, 2.05) is 0 Å². The first kappa shape index (κ1) is 12.4. The molecule has 0 aliphatic carbocycles. The van der Waals surface area contributed by atoms with Crippen molar-refractivity contribution in [1.29, 1.82) is 5.26 Å². The second-order valence-electron chi connectivity index (χ2n) is 4.46. The van der Waals surface area contributed by atoms with Crippen LogP contribution in [0.15, 0.2) is 0 Å². The van der Waals surface area contributed by atoms with Gasteiger partial charge in [0.15, 0.2) is 0 Å². The maximum absolute atomic E-state index is 8.51.